The quantitative estimate of drug-likeness (QED) is 0.0358. The molecule has 0 N–H and O–H groups in total. The second kappa shape index (κ2) is 54.2. The first-order valence-corrected chi connectivity index (χ1v) is 32.5. The number of hydrogen-bond acceptors (Lipinski definition) is 2. The van der Waals surface area contributed by atoms with E-state index in [2.05, 4.69) is 76.2 Å². The molecule has 0 saturated heterocycles. The van der Waals surface area contributed by atoms with Gasteiger partial charge in [-0.3, -0.25) is 9.98 Å². The molecule has 0 radical (unpaired) electrons. The normalized spacial score (nSPS) is 12.0. The molecule has 0 atom stereocenters. The van der Waals surface area contributed by atoms with Crippen LogP contribution in [0.25, 0.3) is 0 Å². The number of rotatable bonds is 54. The third-order valence-electron chi connectivity index (χ3n) is 15.6. The van der Waals surface area contributed by atoms with Gasteiger partial charge in [-0.2, -0.15) is 0 Å². The summed E-state index contributed by atoms with van der Waals surface area (Å²) in [4.78, 5) is 10.9. The average Bonchev–Trinajstić information content (AvgIpc) is 3.38. The van der Waals surface area contributed by atoms with Crippen molar-refractivity contribution in [3.63, 3.8) is 0 Å². The fourth-order valence-corrected chi connectivity index (χ4v) is 10.8. The van der Waals surface area contributed by atoms with Crippen molar-refractivity contribution in [2.24, 2.45) is 9.98 Å². The standard InChI is InChI=1S/C69H122N2.Pd/c1-5-9-13-16-18-20-22-24-26-28-30-32-34-36-38-40-42-44-46-49-54-64-56-52-58-66(62-64)70-68(60-48-12-8-4)69(61-51-15-11-7-3)71-67-59-53-57-65(63-67)55-50-47-45-43-41-39-37-35-33-31-29-27-25-23-21-19-17-14-10-6-2;/h52-53,56-59,62-63H,5-51,54-55,60-61H2,1-4H3;/b70-68-,71-69+;. The van der Waals surface area contributed by atoms with Crippen molar-refractivity contribution in [1.82, 2.24) is 0 Å². The van der Waals surface area contributed by atoms with Gasteiger partial charge in [-0.1, -0.05) is 328 Å². The Hall–Kier alpha value is -1.56. The second-order valence-electron chi connectivity index (χ2n) is 22.7. The van der Waals surface area contributed by atoms with Crippen LogP contribution in [0.3, 0.4) is 0 Å². The van der Waals surface area contributed by atoms with Crippen LogP contribution >= 0.6 is 0 Å². The largest absolute Gasteiger partial charge is 0.252 e. The predicted octanol–water partition coefficient (Wildman–Crippen LogP) is 24.8. The minimum Gasteiger partial charge on any atom is -0.252 e. The smallest absolute Gasteiger partial charge is 0.0636 e. The Bertz CT molecular complexity index is 1480. The summed E-state index contributed by atoms with van der Waals surface area (Å²) in [7, 11) is 0. The average molecular weight is 1090 g/mol. The molecule has 72 heavy (non-hydrogen) atoms. The van der Waals surface area contributed by atoms with Crippen molar-refractivity contribution >= 4 is 22.8 Å². The Labute approximate surface area is 465 Å². The van der Waals surface area contributed by atoms with Crippen molar-refractivity contribution in [2.45, 2.75) is 355 Å². The maximum Gasteiger partial charge on any atom is 0.0636 e. The molecule has 0 aliphatic rings. The van der Waals surface area contributed by atoms with E-state index >= 15 is 0 Å². The minimum atomic E-state index is 0. The van der Waals surface area contributed by atoms with E-state index < -0.39 is 0 Å². The van der Waals surface area contributed by atoms with Gasteiger partial charge in [-0.15, -0.1) is 0 Å². The molecule has 2 nitrogen and oxygen atoms in total. The fourth-order valence-electron chi connectivity index (χ4n) is 10.8. The monoisotopic (exact) mass is 1080 g/mol. The molecule has 2 rings (SSSR count). The SMILES string of the molecule is CCCCCCCCCCCCCCCCCCCCCCc1cccc(/N=C(CCCCC)\C(CCCCCC)=N\c2cccc(CCCCCCCCCCCCCCCCCCCCCC)c2)c1.[Pd]. The molecule has 0 aliphatic carbocycles. The predicted molar refractivity (Wildman–Crippen MR) is 323 cm³/mol. The van der Waals surface area contributed by atoms with Crippen molar-refractivity contribution in [3.8, 4) is 0 Å². The Morgan fingerprint density at radius 3 is 0.736 bits per heavy atom. The molecule has 0 aromatic heterocycles. The molecule has 0 spiro atoms. The Morgan fingerprint density at radius 2 is 0.472 bits per heavy atom. The summed E-state index contributed by atoms with van der Waals surface area (Å²) in [6, 6.07) is 18.4. The first kappa shape index (κ1) is 68.5. The molecule has 3 heteroatoms. The molecule has 0 amide bonds. The molecule has 0 saturated carbocycles. The summed E-state index contributed by atoms with van der Waals surface area (Å²) in [6.45, 7) is 9.25. The molecule has 418 valence electrons. The van der Waals surface area contributed by atoms with E-state index in [0.717, 1.165) is 37.1 Å². The Morgan fingerprint density at radius 1 is 0.264 bits per heavy atom. The van der Waals surface area contributed by atoms with E-state index in [4.69, 9.17) is 9.98 Å². The summed E-state index contributed by atoms with van der Waals surface area (Å²) in [6.07, 6.45) is 70.3. The van der Waals surface area contributed by atoms with Gasteiger partial charge in [-0.05, 0) is 86.8 Å². The third-order valence-corrected chi connectivity index (χ3v) is 15.6. The number of aliphatic imine (C=N–C) groups is 2. The Kier molecular flexibility index (Phi) is 51.6. The summed E-state index contributed by atoms with van der Waals surface area (Å²) < 4.78 is 0. The first-order chi connectivity index (χ1) is 35.2. The van der Waals surface area contributed by atoms with Gasteiger partial charge in [0.1, 0.15) is 0 Å². The second-order valence-corrected chi connectivity index (χ2v) is 22.7. The van der Waals surface area contributed by atoms with E-state index in [1.165, 1.54) is 324 Å². The first-order valence-electron chi connectivity index (χ1n) is 32.5. The van der Waals surface area contributed by atoms with Crippen LogP contribution in [-0.2, 0) is 33.3 Å². The maximum atomic E-state index is 5.47. The Balaban J connectivity index is 0.0000259. The molecular formula is C69H122N2Pd. The van der Waals surface area contributed by atoms with Crippen LogP contribution < -0.4 is 0 Å². The van der Waals surface area contributed by atoms with Gasteiger partial charge in [0.2, 0.25) is 0 Å². The van der Waals surface area contributed by atoms with E-state index in [0.29, 0.717) is 0 Å². The molecule has 2 aromatic rings. The van der Waals surface area contributed by atoms with Gasteiger partial charge in [0.25, 0.3) is 0 Å². The molecule has 0 unspecified atom stereocenters. The van der Waals surface area contributed by atoms with E-state index in [-0.39, 0.29) is 20.4 Å². The van der Waals surface area contributed by atoms with Crippen molar-refractivity contribution in [1.29, 1.82) is 0 Å². The molecular weight excluding hydrogens is 963 g/mol. The van der Waals surface area contributed by atoms with Gasteiger partial charge in [-0.25, -0.2) is 0 Å². The number of unbranched alkanes of at least 4 members (excludes halogenated alkanes) is 43. The van der Waals surface area contributed by atoms with E-state index in [1.54, 1.807) is 0 Å². The van der Waals surface area contributed by atoms with Gasteiger partial charge in [0, 0.05) is 20.4 Å². The van der Waals surface area contributed by atoms with Crippen molar-refractivity contribution in [3.05, 3.63) is 59.7 Å². The number of benzene rings is 2. The van der Waals surface area contributed by atoms with Crippen molar-refractivity contribution in [2.75, 3.05) is 0 Å². The summed E-state index contributed by atoms with van der Waals surface area (Å²) in [5, 5.41) is 0. The van der Waals surface area contributed by atoms with Crippen LogP contribution in [0.1, 0.15) is 353 Å². The fraction of sp³-hybridized carbons (Fsp3) is 0.797. The van der Waals surface area contributed by atoms with E-state index in [9.17, 15) is 0 Å². The van der Waals surface area contributed by atoms with Crippen molar-refractivity contribution < 1.29 is 20.4 Å². The van der Waals surface area contributed by atoms with Crippen LogP contribution in [-0.4, -0.2) is 11.4 Å². The zero-order valence-corrected chi connectivity index (χ0v) is 50.4. The van der Waals surface area contributed by atoms with Crippen LogP contribution in [0, 0.1) is 0 Å². The topological polar surface area (TPSA) is 24.7 Å². The van der Waals surface area contributed by atoms with Gasteiger partial charge in [0.15, 0.2) is 0 Å². The summed E-state index contributed by atoms with van der Waals surface area (Å²) in [5.41, 5.74) is 7.59. The molecule has 2 aromatic carbocycles. The number of aryl methyl sites for hydroxylation is 2. The van der Waals surface area contributed by atoms with Crippen LogP contribution in [0.15, 0.2) is 58.5 Å². The number of hydrogen-bond donors (Lipinski definition) is 0. The summed E-state index contributed by atoms with van der Waals surface area (Å²) >= 11 is 0. The minimum absolute atomic E-state index is 0. The zero-order chi connectivity index (χ0) is 50.6. The molecule has 0 heterocycles. The van der Waals surface area contributed by atoms with Crippen LogP contribution in [0.4, 0.5) is 11.4 Å². The van der Waals surface area contributed by atoms with E-state index in [1.807, 2.05) is 0 Å². The molecule has 0 fully saturated rings. The van der Waals surface area contributed by atoms with Gasteiger partial charge < -0.3 is 0 Å². The third kappa shape index (κ3) is 42.6. The van der Waals surface area contributed by atoms with Crippen LogP contribution in [0.5, 0.6) is 0 Å². The summed E-state index contributed by atoms with van der Waals surface area (Å²) in [5.74, 6) is 0. The molecule has 0 bridgehead atoms. The zero-order valence-electron chi connectivity index (χ0n) is 48.9. The van der Waals surface area contributed by atoms with Gasteiger partial charge >= 0.3 is 0 Å². The maximum absolute atomic E-state index is 5.47. The van der Waals surface area contributed by atoms with Crippen LogP contribution in [0.2, 0.25) is 0 Å². The molecule has 0 aliphatic heterocycles. The number of nitrogens with zero attached hydrogens (tertiary/aromatic N) is 2. The van der Waals surface area contributed by atoms with Gasteiger partial charge in [0.05, 0.1) is 22.8 Å².